The second-order valence-corrected chi connectivity index (χ2v) is 4.88. The summed E-state index contributed by atoms with van der Waals surface area (Å²) in [5, 5.41) is 8.79. The molecule has 0 radical (unpaired) electrons. The molecular weight excluding hydrogens is 244 g/mol. The summed E-state index contributed by atoms with van der Waals surface area (Å²) in [5.41, 5.74) is 0.482. The lowest BCUT2D eigenvalue weighted by molar-refractivity contribution is 0.0976. The number of Topliss-reactive ketones (excluding diaryl/α,β-unsaturated/α-hetero) is 1. The van der Waals surface area contributed by atoms with Gasteiger partial charge < -0.3 is 4.57 Å². The van der Waals surface area contributed by atoms with E-state index in [4.69, 9.17) is 16.9 Å². The van der Waals surface area contributed by atoms with Crippen LogP contribution >= 0.6 is 22.9 Å². The Kier molecular flexibility index (Phi) is 3.09. The number of nitriles is 1. The topological polar surface area (TPSA) is 45.8 Å². The van der Waals surface area contributed by atoms with E-state index in [1.54, 1.807) is 35.0 Å². The molecule has 2 aromatic heterocycles. The number of carbonyl (C=O) groups excluding carboxylic acids is 1. The number of hydrogen-bond acceptors (Lipinski definition) is 3. The minimum absolute atomic E-state index is 0.0374. The van der Waals surface area contributed by atoms with Crippen LogP contribution in [0.4, 0.5) is 0 Å². The number of thiophene rings is 1. The summed E-state index contributed by atoms with van der Waals surface area (Å²) < 4.78 is 2.21. The van der Waals surface area contributed by atoms with Crippen molar-refractivity contribution >= 4 is 28.7 Å². The lowest BCUT2D eigenvalue weighted by Crippen LogP contribution is -2.09. The van der Waals surface area contributed by atoms with Crippen molar-refractivity contribution < 1.29 is 4.79 Å². The van der Waals surface area contributed by atoms with Gasteiger partial charge >= 0.3 is 0 Å². The third-order valence-electron chi connectivity index (χ3n) is 2.11. The summed E-state index contributed by atoms with van der Waals surface area (Å²) in [6.07, 6.45) is 1.71. The number of nitrogens with zero attached hydrogens (tertiary/aromatic N) is 2. The maximum atomic E-state index is 11.8. The highest BCUT2D eigenvalue weighted by Gasteiger charge is 2.10. The summed E-state index contributed by atoms with van der Waals surface area (Å²) >= 11 is 7.00. The van der Waals surface area contributed by atoms with Crippen molar-refractivity contribution in [1.29, 1.82) is 5.26 Å². The molecular formula is C11H7ClN2OS. The first-order valence-corrected chi connectivity index (χ1v) is 5.74. The fourth-order valence-electron chi connectivity index (χ4n) is 1.35. The van der Waals surface area contributed by atoms with Crippen molar-refractivity contribution in [3.8, 4) is 6.07 Å². The standard InChI is InChI=1S/C11H7ClN2OS/c12-11-4-3-10(16-11)9(15)7-14-5-1-2-8(14)6-13/h1-5H,7H2. The molecule has 0 unspecified atom stereocenters. The van der Waals surface area contributed by atoms with Crippen molar-refractivity contribution in [2.24, 2.45) is 0 Å². The van der Waals surface area contributed by atoms with Gasteiger partial charge in [-0.1, -0.05) is 11.6 Å². The first kappa shape index (κ1) is 10.9. The van der Waals surface area contributed by atoms with Crippen LogP contribution in [0.3, 0.4) is 0 Å². The lowest BCUT2D eigenvalue weighted by Gasteiger charge is -2.01. The molecule has 0 saturated carbocycles. The van der Waals surface area contributed by atoms with E-state index >= 15 is 0 Å². The van der Waals surface area contributed by atoms with Gasteiger partial charge in [-0.3, -0.25) is 4.79 Å². The van der Waals surface area contributed by atoms with Gasteiger partial charge in [0.2, 0.25) is 0 Å². The van der Waals surface area contributed by atoms with E-state index in [0.29, 0.717) is 14.9 Å². The molecule has 0 atom stereocenters. The van der Waals surface area contributed by atoms with E-state index in [1.165, 1.54) is 11.3 Å². The van der Waals surface area contributed by atoms with Crippen molar-refractivity contribution in [2.45, 2.75) is 6.54 Å². The van der Waals surface area contributed by atoms with Crippen LogP contribution in [0.15, 0.2) is 30.5 Å². The van der Waals surface area contributed by atoms with Crippen LogP contribution in [0.25, 0.3) is 0 Å². The molecule has 80 valence electrons. The van der Waals surface area contributed by atoms with E-state index in [-0.39, 0.29) is 12.3 Å². The molecule has 0 aliphatic heterocycles. The largest absolute Gasteiger partial charge is 0.332 e. The minimum atomic E-state index is -0.0374. The van der Waals surface area contributed by atoms with Crippen LogP contribution in [0.2, 0.25) is 4.34 Å². The summed E-state index contributed by atoms with van der Waals surface area (Å²) in [7, 11) is 0. The smallest absolute Gasteiger partial charge is 0.192 e. The number of aromatic nitrogens is 1. The first-order chi connectivity index (χ1) is 7.70. The molecule has 2 heterocycles. The second-order valence-electron chi connectivity index (χ2n) is 3.16. The Labute approximate surface area is 102 Å². The van der Waals surface area contributed by atoms with E-state index in [0.717, 1.165) is 0 Å². The predicted molar refractivity (Wildman–Crippen MR) is 62.8 cm³/mol. The highest BCUT2D eigenvalue weighted by molar-refractivity contribution is 7.18. The summed E-state index contributed by atoms with van der Waals surface area (Å²) in [6, 6.07) is 8.84. The predicted octanol–water partition coefficient (Wildman–Crippen LogP) is 2.96. The number of rotatable bonds is 3. The molecule has 0 amide bonds. The second kappa shape index (κ2) is 4.52. The van der Waals surface area contributed by atoms with Crippen molar-refractivity contribution in [1.82, 2.24) is 4.57 Å². The molecule has 2 aromatic rings. The molecule has 0 bridgehead atoms. The fraction of sp³-hybridized carbons (Fsp3) is 0.0909. The summed E-state index contributed by atoms with van der Waals surface area (Å²) in [6.45, 7) is 0.173. The average molecular weight is 251 g/mol. The molecule has 5 heteroatoms. The van der Waals surface area contributed by atoms with Crippen LogP contribution in [0, 0.1) is 11.3 Å². The van der Waals surface area contributed by atoms with Gasteiger partial charge in [0.25, 0.3) is 0 Å². The molecule has 0 aromatic carbocycles. The zero-order valence-electron chi connectivity index (χ0n) is 8.18. The van der Waals surface area contributed by atoms with Gasteiger partial charge in [-0.05, 0) is 24.3 Å². The zero-order valence-corrected chi connectivity index (χ0v) is 9.76. The Morgan fingerprint density at radius 2 is 2.31 bits per heavy atom. The lowest BCUT2D eigenvalue weighted by atomic mass is 10.3. The molecule has 0 aliphatic carbocycles. The monoisotopic (exact) mass is 250 g/mol. The normalized spacial score (nSPS) is 10.0. The Hall–Kier alpha value is -1.57. The number of carbonyl (C=O) groups is 1. The van der Waals surface area contributed by atoms with E-state index < -0.39 is 0 Å². The third kappa shape index (κ3) is 2.16. The average Bonchev–Trinajstić information content (AvgIpc) is 2.86. The number of hydrogen-bond donors (Lipinski definition) is 0. The van der Waals surface area contributed by atoms with Crippen molar-refractivity contribution in [2.75, 3.05) is 0 Å². The molecule has 16 heavy (non-hydrogen) atoms. The molecule has 0 aliphatic rings. The molecule has 3 nitrogen and oxygen atoms in total. The molecule has 0 fully saturated rings. The number of ketones is 1. The quantitative estimate of drug-likeness (QED) is 0.787. The Morgan fingerprint density at radius 3 is 2.94 bits per heavy atom. The molecule has 0 N–H and O–H groups in total. The maximum absolute atomic E-state index is 11.8. The van der Waals surface area contributed by atoms with Gasteiger partial charge in [0.15, 0.2) is 5.78 Å². The molecule has 2 rings (SSSR count). The van der Waals surface area contributed by atoms with E-state index in [2.05, 4.69) is 0 Å². The number of halogens is 1. The van der Waals surface area contributed by atoms with Crippen molar-refractivity contribution in [3.05, 3.63) is 45.4 Å². The van der Waals surface area contributed by atoms with Crippen LogP contribution < -0.4 is 0 Å². The Balaban J connectivity index is 2.17. The SMILES string of the molecule is N#Cc1cccn1CC(=O)c1ccc(Cl)s1. The summed E-state index contributed by atoms with van der Waals surface area (Å²) in [4.78, 5) is 12.4. The fourth-order valence-corrected chi connectivity index (χ4v) is 2.32. The zero-order chi connectivity index (χ0) is 11.5. The van der Waals surface area contributed by atoms with Gasteiger partial charge in [0.1, 0.15) is 11.8 Å². The van der Waals surface area contributed by atoms with Gasteiger partial charge in [-0.15, -0.1) is 11.3 Å². The van der Waals surface area contributed by atoms with E-state index in [9.17, 15) is 4.79 Å². The van der Waals surface area contributed by atoms with Crippen LogP contribution in [-0.4, -0.2) is 10.4 Å². The Morgan fingerprint density at radius 1 is 1.50 bits per heavy atom. The van der Waals surface area contributed by atoms with Gasteiger partial charge in [0, 0.05) is 6.20 Å². The highest BCUT2D eigenvalue weighted by Crippen LogP contribution is 2.22. The molecule has 0 saturated heterocycles. The first-order valence-electron chi connectivity index (χ1n) is 4.54. The van der Waals surface area contributed by atoms with Crippen molar-refractivity contribution in [3.63, 3.8) is 0 Å². The van der Waals surface area contributed by atoms with Crippen LogP contribution in [0.5, 0.6) is 0 Å². The van der Waals surface area contributed by atoms with Gasteiger partial charge in [-0.2, -0.15) is 5.26 Å². The molecule has 0 spiro atoms. The van der Waals surface area contributed by atoms with Crippen LogP contribution in [-0.2, 0) is 6.54 Å². The van der Waals surface area contributed by atoms with Gasteiger partial charge in [-0.25, -0.2) is 0 Å². The third-order valence-corrected chi connectivity index (χ3v) is 3.38. The van der Waals surface area contributed by atoms with Crippen LogP contribution in [0.1, 0.15) is 15.4 Å². The summed E-state index contributed by atoms with van der Waals surface area (Å²) in [5.74, 6) is -0.0374. The minimum Gasteiger partial charge on any atom is -0.332 e. The Bertz CT molecular complexity index is 565. The van der Waals surface area contributed by atoms with E-state index in [1.807, 2.05) is 6.07 Å². The highest BCUT2D eigenvalue weighted by atomic mass is 35.5. The maximum Gasteiger partial charge on any atom is 0.192 e. The van der Waals surface area contributed by atoms with Gasteiger partial charge in [0.05, 0.1) is 15.8 Å².